The molecule has 0 spiro atoms. The highest BCUT2D eigenvalue weighted by Crippen LogP contribution is 2.44. The highest BCUT2D eigenvalue weighted by Gasteiger charge is 2.30. The molecule has 1 fully saturated rings. The number of carbonyl (C=O) groups is 1. The number of rotatable bonds is 8. The molecule has 0 amide bonds. The van der Waals surface area contributed by atoms with Crippen molar-refractivity contribution in [2.24, 2.45) is 5.92 Å². The zero-order valence-corrected chi connectivity index (χ0v) is 22.5. The predicted octanol–water partition coefficient (Wildman–Crippen LogP) is 6.17. The molecule has 0 unspecified atom stereocenters. The molecule has 0 aliphatic carbocycles. The molecule has 4 rings (SSSR count). The largest absolute Gasteiger partial charge is 0.508 e. The highest BCUT2D eigenvalue weighted by molar-refractivity contribution is 6.05. The lowest BCUT2D eigenvalue weighted by atomic mass is 9.84. The van der Waals surface area contributed by atoms with Gasteiger partial charge in [0.05, 0.1) is 24.3 Å². The van der Waals surface area contributed by atoms with Gasteiger partial charge in [-0.25, -0.2) is 0 Å². The summed E-state index contributed by atoms with van der Waals surface area (Å²) >= 11 is 0. The van der Waals surface area contributed by atoms with Crippen LogP contribution in [0.5, 0.6) is 11.5 Å². The van der Waals surface area contributed by atoms with Crippen molar-refractivity contribution < 1.29 is 24.3 Å². The van der Waals surface area contributed by atoms with Gasteiger partial charge in [-0.1, -0.05) is 64.0 Å². The van der Waals surface area contributed by atoms with E-state index in [1.165, 1.54) is 11.6 Å². The first-order valence-corrected chi connectivity index (χ1v) is 13.1. The average Bonchev–Trinajstić information content (AvgIpc) is 3.30. The lowest BCUT2D eigenvalue weighted by Gasteiger charge is -2.26. The number of aromatic hydroxyl groups is 2. The maximum Gasteiger partial charge on any atom is 0.188 e. The second-order valence-corrected chi connectivity index (χ2v) is 10.8. The number of ether oxygens (including phenoxy) is 1. The highest BCUT2D eigenvalue weighted by atomic mass is 16.5. The molecule has 2 N–H and O–H groups in total. The van der Waals surface area contributed by atoms with Gasteiger partial charge >= 0.3 is 0 Å². The van der Waals surface area contributed by atoms with E-state index in [0.717, 1.165) is 38.4 Å². The smallest absolute Gasteiger partial charge is 0.188 e. The van der Waals surface area contributed by atoms with E-state index in [1.807, 2.05) is 46.8 Å². The zero-order valence-electron chi connectivity index (χ0n) is 22.5. The summed E-state index contributed by atoms with van der Waals surface area (Å²) in [6.07, 6.45) is 1.40. The van der Waals surface area contributed by atoms with Crippen molar-refractivity contribution in [3.05, 3.63) is 53.2 Å². The summed E-state index contributed by atoms with van der Waals surface area (Å²) in [7, 11) is 0. The van der Waals surface area contributed by atoms with Crippen molar-refractivity contribution in [3.63, 3.8) is 0 Å². The van der Waals surface area contributed by atoms with Crippen molar-refractivity contribution in [3.8, 4) is 33.9 Å². The molecule has 2 heterocycles. The van der Waals surface area contributed by atoms with Gasteiger partial charge in [0.25, 0.3) is 0 Å². The summed E-state index contributed by atoms with van der Waals surface area (Å²) < 4.78 is 11.3. The molecule has 0 bridgehead atoms. The lowest BCUT2D eigenvalue weighted by Crippen LogP contribution is -2.35. The van der Waals surface area contributed by atoms with E-state index in [-0.39, 0.29) is 34.3 Å². The molecule has 37 heavy (non-hydrogen) atoms. The molecule has 0 saturated carbocycles. The molecule has 1 aliphatic heterocycles. The van der Waals surface area contributed by atoms with Gasteiger partial charge in [-0.2, -0.15) is 0 Å². The van der Waals surface area contributed by atoms with Gasteiger partial charge in [-0.05, 0) is 35.4 Å². The number of phenolic OH excluding ortho intramolecular Hbond substituents is 2. The molecule has 7 nitrogen and oxygen atoms in total. The van der Waals surface area contributed by atoms with E-state index in [9.17, 15) is 15.0 Å². The van der Waals surface area contributed by atoms with E-state index in [4.69, 9.17) is 9.26 Å². The third-order valence-electron chi connectivity index (χ3n) is 7.20. The first-order chi connectivity index (χ1) is 17.6. The number of hydrogen-bond acceptors (Lipinski definition) is 7. The van der Waals surface area contributed by atoms with Crippen LogP contribution in [0, 0.1) is 5.92 Å². The minimum atomic E-state index is -0.373. The minimum absolute atomic E-state index is 0.00982. The van der Waals surface area contributed by atoms with E-state index < -0.39 is 0 Å². The van der Waals surface area contributed by atoms with E-state index >= 15 is 0 Å². The van der Waals surface area contributed by atoms with Crippen LogP contribution in [-0.2, 0) is 16.7 Å². The average molecular weight is 507 g/mol. The van der Waals surface area contributed by atoms with Gasteiger partial charge in [0.15, 0.2) is 17.2 Å². The monoisotopic (exact) mass is 506 g/mol. The topological polar surface area (TPSA) is 96.0 Å². The standard InChI is InChI=1S/C30H38N2O5/c1-6-20(7-2)28(35)27-26(21-10-8-19(9-11-21)18-32-12-14-36-15-13-32)29(37-31-27)22-16-23(30(3,4)5)25(34)17-24(22)33/h8-11,16-17,20,33-34H,6-7,12-15,18H2,1-5H3. The van der Waals surface area contributed by atoms with Crippen LogP contribution in [0.15, 0.2) is 40.9 Å². The molecular weight excluding hydrogens is 468 g/mol. The Balaban J connectivity index is 1.81. The van der Waals surface area contributed by atoms with Crippen molar-refractivity contribution in [1.82, 2.24) is 10.1 Å². The molecule has 3 aromatic rings. The van der Waals surface area contributed by atoms with Gasteiger partial charge in [0.1, 0.15) is 11.5 Å². The van der Waals surface area contributed by atoms with E-state index in [2.05, 4.69) is 22.2 Å². The first-order valence-electron chi connectivity index (χ1n) is 13.1. The Morgan fingerprint density at radius 1 is 1.03 bits per heavy atom. The lowest BCUT2D eigenvalue weighted by molar-refractivity contribution is 0.0342. The molecule has 2 aromatic carbocycles. The predicted molar refractivity (Wildman–Crippen MR) is 144 cm³/mol. The third kappa shape index (κ3) is 5.73. The van der Waals surface area contributed by atoms with E-state index in [0.29, 0.717) is 35.3 Å². The number of morpholine rings is 1. The van der Waals surface area contributed by atoms with Gasteiger partial charge in [-0.3, -0.25) is 9.69 Å². The number of phenols is 2. The zero-order chi connectivity index (χ0) is 26.7. The number of hydrogen-bond donors (Lipinski definition) is 2. The minimum Gasteiger partial charge on any atom is -0.508 e. The second kappa shape index (κ2) is 11.1. The van der Waals surface area contributed by atoms with Crippen molar-refractivity contribution in [1.29, 1.82) is 0 Å². The van der Waals surface area contributed by atoms with E-state index in [1.54, 1.807) is 6.07 Å². The van der Waals surface area contributed by atoms with Crippen LogP contribution < -0.4 is 0 Å². The van der Waals surface area contributed by atoms with Crippen LogP contribution in [0.4, 0.5) is 0 Å². The van der Waals surface area contributed by atoms with Crippen LogP contribution in [-0.4, -0.2) is 52.4 Å². The fourth-order valence-corrected chi connectivity index (χ4v) is 4.92. The number of carbonyl (C=O) groups excluding carboxylic acids is 1. The fraction of sp³-hybridized carbons (Fsp3) is 0.467. The Hall–Kier alpha value is -3.16. The van der Waals surface area contributed by atoms with Crippen LogP contribution >= 0.6 is 0 Å². The molecule has 1 aliphatic rings. The Kier molecular flexibility index (Phi) is 8.05. The Labute approximate surface area is 219 Å². The summed E-state index contributed by atoms with van der Waals surface area (Å²) in [5, 5.41) is 25.6. The maximum absolute atomic E-state index is 13.5. The summed E-state index contributed by atoms with van der Waals surface area (Å²) in [6.45, 7) is 14.1. The van der Waals surface area contributed by atoms with Crippen LogP contribution in [0.3, 0.4) is 0 Å². The van der Waals surface area contributed by atoms with Crippen LogP contribution in [0.2, 0.25) is 0 Å². The Morgan fingerprint density at radius 2 is 1.68 bits per heavy atom. The number of ketones is 1. The quantitative estimate of drug-likeness (QED) is 0.353. The third-order valence-corrected chi connectivity index (χ3v) is 7.20. The number of aromatic nitrogens is 1. The molecule has 1 aromatic heterocycles. The maximum atomic E-state index is 13.5. The SMILES string of the molecule is CCC(CC)C(=O)c1noc(-c2cc(C(C)(C)C)c(O)cc2O)c1-c1ccc(CN2CCOCC2)cc1. The van der Waals surface area contributed by atoms with Crippen molar-refractivity contribution in [2.75, 3.05) is 26.3 Å². The van der Waals surface area contributed by atoms with Crippen molar-refractivity contribution in [2.45, 2.75) is 59.4 Å². The van der Waals surface area contributed by atoms with Gasteiger partial charge in [-0.15, -0.1) is 0 Å². The first kappa shape index (κ1) is 26.9. The Bertz CT molecular complexity index is 1230. The van der Waals surface area contributed by atoms with Gasteiger partial charge in [0, 0.05) is 37.2 Å². The molecule has 198 valence electrons. The van der Waals surface area contributed by atoms with Gasteiger partial charge < -0.3 is 19.5 Å². The number of Topliss-reactive ketones (excluding diaryl/α,β-unsaturated/α-hetero) is 1. The number of benzene rings is 2. The second-order valence-electron chi connectivity index (χ2n) is 10.8. The van der Waals surface area contributed by atoms with Crippen LogP contribution in [0.1, 0.15) is 69.1 Å². The Morgan fingerprint density at radius 3 is 2.27 bits per heavy atom. The summed E-state index contributed by atoms with van der Waals surface area (Å²) in [6, 6.07) is 11.1. The normalized spacial score (nSPS) is 14.9. The summed E-state index contributed by atoms with van der Waals surface area (Å²) in [4.78, 5) is 15.9. The molecule has 7 heteroatoms. The molecule has 0 radical (unpaired) electrons. The fourth-order valence-electron chi connectivity index (χ4n) is 4.92. The van der Waals surface area contributed by atoms with Gasteiger partial charge in [0.2, 0.25) is 0 Å². The molecule has 1 saturated heterocycles. The summed E-state index contributed by atoms with van der Waals surface area (Å²) in [5.74, 6) is -0.0419. The molecular formula is C30H38N2O5. The summed E-state index contributed by atoms with van der Waals surface area (Å²) in [5.41, 5.74) is 3.48. The van der Waals surface area contributed by atoms with Crippen molar-refractivity contribution >= 4 is 5.78 Å². The molecule has 0 atom stereocenters. The van der Waals surface area contributed by atoms with Crippen LogP contribution in [0.25, 0.3) is 22.5 Å². The number of nitrogens with zero attached hydrogens (tertiary/aromatic N) is 2.